The Morgan fingerprint density at radius 3 is 2.69 bits per heavy atom. The van der Waals surface area contributed by atoms with E-state index in [4.69, 9.17) is 0 Å². The summed E-state index contributed by atoms with van der Waals surface area (Å²) < 4.78 is 5.20. The number of hydrogen-bond donors (Lipinski definition) is 0. The number of hydrogen-bond acceptors (Lipinski definition) is 4. The summed E-state index contributed by atoms with van der Waals surface area (Å²) in [4.78, 5) is 21.5. The van der Waals surface area contributed by atoms with E-state index in [1.807, 2.05) is 0 Å². The molecule has 6 heteroatoms. The van der Waals surface area contributed by atoms with Gasteiger partial charge in [0.25, 0.3) is 5.69 Å². The van der Waals surface area contributed by atoms with Crippen LogP contribution in [0.3, 0.4) is 0 Å². The van der Waals surface area contributed by atoms with E-state index >= 15 is 0 Å². The van der Waals surface area contributed by atoms with Crippen LogP contribution >= 0.6 is 15.9 Å². The van der Waals surface area contributed by atoms with E-state index in [1.54, 1.807) is 19.1 Å². The van der Waals surface area contributed by atoms with Crippen molar-refractivity contribution in [2.24, 2.45) is 0 Å². The lowest BCUT2D eigenvalue weighted by atomic mass is 10.1. The van der Waals surface area contributed by atoms with Crippen LogP contribution in [0.2, 0.25) is 0 Å². The maximum Gasteiger partial charge on any atom is 0.310 e. The van der Waals surface area contributed by atoms with Gasteiger partial charge in [0.1, 0.15) is 0 Å². The van der Waals surface area contributed by atoms with Crippen molar-refractivity contribution in [2.45, 2.75) is 13.3 Å². The van der Waals surface area contributed by atoms with Gasteiger partial charge >= 0.3 is 5.97 Å². The van der Waals surface area contributed by atoms with E-state index in [0.29, 0.717) is 15.6 Å². The monoisotopic (exact) mass is 287 g/mol. The van der Waals surface area contributed by atoms with Gasteiger partial charge in [0.15, 0.2) is 0 Å². The summed E-state index contributed by atoms with van der Waals surface area (Å²) >= 11 is 3.23. The number of nitro benzene ring substituents is 1. The zero-order chi connectivity index (χ0) is 12.3. The number of nitro groups is 1. The lowest BCUT2D eigenvalue weighted by Gasteiger charge is -2.05. The molecule has 0 bridgehead atoms. The van der Waals surface area contributed by atoms with E-state index in [1.165, 1.54) is 7.11 Å². The third kappa shape index (κ3) is 2.79. The molecule has 0 N–H and O–H groups in total. The van der Waals surface area contributed by atoms with Crippen molar-refractivity contribution < 1.29 is 14.5 Å². The molecule has 16 heavy (non-hydrogen) atoms. The van der Waals surface area contributed by atoms with E-state index < -0.39 is 10.9 Å². The number of ether oxygens (including phenoxy) is 1. The predicted molar refractivity (Wildman–Crippen MR) is 61.3 cm³/mol. The molecule has 86 valence electrons. The van der Waals surface area contributed by atoms with Crippen molar-refractivity contribution in [1.82, 2.24) is 0 Å². The van der Waals surface area contributed by atoms with Gasteiger partial charge in [0.05, 0.1) is 18.5 Å². The molecule has 0 aliphatic carbocycles. The van der Waals surface area contributed by atoms with Crippen molar-refractivity contribution >= 4 is 27.6 Å². The number of esters is 1. The van der Waals surface area contributed by atoms with Gasteiger partial charge in [0.2, 0.25) is 0 Å². The summed E-state index contributed by atoms with van der Waals surface area (Å²) in [7, 11) is 1.25. The Kier molecular flexibility index (Phi) is 4.00. The third-order valence-electron chi connectivity index (χ3n) is 2.09. The Morgan fingerprint density at radius 2 is 2.19 bits per heavy atom. The van der Waals surface area contributed by atoms with Crippen LogP contribution in [0.4, 0.5) is 5.69 Å². The van der Waals surface area contributed by atoms with Gasteiger partial charge in [-0.15, -0.1) is 0 Å². The zero-order valence-electron chi connectivity index (χ0n) is 8.82. The van der Waals surface area contributed by atoms with E-state index in [9.17, 15) is 14.9 Å². The van der Waals surface area contributed by atoms with Crippen LogP contribution in [0.1, 0.15) is 11.1 Å². The lowest BCUT2D eigenvalue weighted by molar-refractivity contribution is -0.386. The largest absolute Gasteiger partial charge is 0.469 e. The first-order valence-corrected chi connectivity index (χ1v) is 5.25. The van der Waals surface area contributed by atoms with Crippen LogP contribution in [0.25, 0.3) is 0 Å². The molecule has 5 nitrogen and oxygen atoms in total. The summed E-state index contributed by atoms with van der Waals surface area (Å²) in [6.07, 6.45) is -0.104. The average molecular weight is 288 g/mol. The highest BCUT2D eigenvalue weighted by atomic mass is 79.9. The molecule has 0 radical (unpaired) electrons. The Bertz CT molecular complexity index is 445. The highest BCUT2D eigenvalue weighted by molar-refractivity contribution is 9.10. The SMILES string of the molecule is COC(=O)Cc1cc(Br)cc(C)c1[N+](=O)[O-]. The average Bonchev–Trinajstić information content (AvgIpc) is 2.15. The standard InChI is InChI=1S/C10H10BrNO4/c1-6-3-8(11)4-7(5-9(13)16-2)10(6)12(14)15/h3-4H,5H2,1-2H3. The van der Waals surface area contributed by atoms with E-state index in [2.05, 4.69) is 20.7 Å². The molecule has 1 aromatic carbocycles. The molecule has 0 heterocycles. The lowest BCUT2D eigenvalue weighted by Crippen LogP contribution is -2.07. The predicted octanol–water partition coefficient (Wildman–Crippen LogP) is 2.38. The highest BCUT2D eigenvalue weighted by Gasteiger charge is 2.20. The summed E-state index contributed by atoms with van der Waals surface area (Å²) in [5.74, 6) is -0.499. The van der Waals surface area contributed by atoms with Gasteiger partial charge in [0, 0.05) is 15.6 Å². The van der Waals surface area contributed by atoms with Gasteiger partial charge < -0.3 is 4.74 Å². The normalized spacial score (nSPS) is 9.94. The third-order valence-corrected chi connectivity index (χ3v) is 2.55. The van der Waals surface area contributed by atoms with Gasteiger partial charge in [-0.25, -0.2) is 0 Å². The number of carbonyl (C=O) groups excluding carboxylic acids is 1. The number of methoxy groups -OCH3 is 1. The number of rotatable bonds is 3. The Balaban J connectivity index is 3.24. The zero-order valence-corrected chi connectivity index (χ0v) is 10.4. The molecule has 0 amide bonds. The summed E-state index contributed by atoms with van der Waals surface area (Å²) in [6.45, 7) is 1.63. The first kappa shape index (κ1) is 12.6. The molecular weight excluding hydrogens is 278 g/mol. The second kappa shape index (κ2) is 5.07. The maximum atomic E-state index is 11.1. The smallest absolute Gasteiger partial charge is 0.310 e. The van der Waals surface area contributed by atoms with Crippen molar-refractivity contribution in [3.05, 3.63) is 37.8 Å². The minimum absolute atomic E-state index is 0.0337. The molecule has 0 spiro atoms. The molecule has 0 saturated carbocycles. The van der Waals surface area contributed by atoms with Gasteiger partial charge in [-0.05, 0) is 19.1 Å². The highest BCUT2D eigenvalue weighted by Crippen LogP contribution is 2.28. The number of nitrogens with zero attached hydrogens (tertiary/aromatic N) is 1. The van der Waals surface area contributed by atoms with Crippen LogP contribution in [0.15, 0.2) is 16.6 Å². The second-order valence-electron chi connectivity index (χ2n) is 3.24. The Morgan fingerprint density at radius 1 is 1.56 bits per heavy atom. The second-order valence-corrected chi connectivity index (χ2v) is 4.16. The number of aryl methyl sites for hydroxylation is 1. The first-order valence-electron chi connectivity index (χ1n) is 4.46. The molecule has 1 aromatic rings. The summed E-state index contributed by atoms with van der Waals surface area (Å²) in [6, 6.07) is 3.20. The topological polar surface area (TPSA) is 69.4 Å². The fourth-order valence-corrected chi connectivity index (χ4v) is 2.05. The summed E-state index contributed by atoms with van der Waals surface area (Å²) in [5, 5.41) is 10.9. The van der Waals surface area contributed by atoms with E-state index in [0.717, 1.165) is 0 Å². The van der Waals surface area contributed by atoms with Crippen molar-refractivity contribution in [2.75, 3.05) is 7.11 Å². The van der Waals surface area contributed by atoms with Crippen molar-refractivity contribution in [3.63, 3.8) is 0 Å². The molecule has 0 atom stereocenters. The molecule has 1 rings (SSSR count). The van der Waals surface area contributed by atoms with Gasteiger partial charge in [-0.2, -0.15) is 0 Å². The minimum Gasteiger partial charge on any atom is -0.469 e. The number of halogens is 1. The number of carbonyl (C=O) groups is 1. The van der Waals surface area contributed by atoms with Crippen LogP contribution in [0, 0.1) is 17.0 Å². The minimum atomic E-state index is -0.499. The van der Waals surface area contributed by atoms with Crippen LogP contribution in [0.5, 0.6) is 0 Å². The quantitative estimate of drug-likeness (QED) is 0.486. The molecule has 0 unspecified atom stereocenters. The van der Waals surface area contributed by atoms with Crippen LogP contribution < -0.4 is 0 Å². The fourth-order valence-electron chi connectivity index (χ4n) is 1.43. The molecule has 0 fully saturated rings. The van der Waals surface area contributed by atoms with Crippen molar-refractivity contribution in [1.29, 1.82) is 0 Å². The molecule has 0 aliphatic rings. The fraction of sp³-hybridized carbons (Fsp3) is 0.300. The summed E-state index contributed by atoms with van der Waals surface area (Å²) in [5.41, 5.74) is 0.829. The van der Waals surface area contributed by atoms with Gasteiger partial charge in [-0.1, -0.05) is 15.9 Å². The molecule has 0 aliphatic heterocycles. The Labute approximate surface area is 101 Å². The molecule has 0 saturated heterocycles. The maximum absolute atomic E-state index is 11.1. The number of benzene rings is 1. The van der Waals surface area contributed by atoms with Crippen LogP contribution in [-0.2, 0) is 16.0 Å². The molecule has 0 aromatic heterocycles. The Hall–Kier alpha value is -1.43. The first-order chi connectivity index (χ1) is 7.45. The van der Waals surface area contributed by atoms with Gasteiger partial charge in [-0.3, -0.25) is 14.9 Å². The molecular formula is C10H10BrNO4. The van der Waals surface area contributed by atoms with Crippen LogP contribution in [-0.4, -0.2) is 18.0 Å². The van der Waals surface area contributed by atoms with Crippen molar-refractivity contribution in [3.8, 4) is 0 Å². The van der Waals surface area contributed by atoms with E-state index in [-0.39, 0.29) is 12.1 Å².